The van der Waals surface area contributed by atoms with Gasteiger partial charge in [-0.15, -0.1) is 0 Å². The van der Waals surface area contributed by atoms with Crippen molar-refractivity contribution in [3.8, 4) is 0 Å². The summed E-state index contributed by atoms with van der Waals surface area (Å²) in [5.74, 6) is -0.471. The van der Waals surface area contributed by atoms with E-state index in [2.05, 4.69) is 25.8 Å². The topological polar surface area (TPSA) is 72.3 Å². The van der Waals surface area contributed by atoms with E-state index in [-0.39, 0.29) is 0 Å². The predicted molar refractivity (Wildman–Crippen MR) is 83.1 cm³/mol. The van der Waals surface area contributed by atoms with Gasteiger partial charge in [0.1, 0.15) is 5.54 Å². The Morgan fingerprint density at radius 3 is 2.25 bits per heavy atom. The summed E-state index contributed by atoms with van der Waals surface area (Å²) >= 11 is 0. The van der Waals surface area contributed by atoms with Crippen molar-refractivity contribution in [3.63, 3.8) is 0 Å². The summed E-state index contributed by atoms with van der Waals surface area (Å²) in [6.45, 7) is 5.10. The maximum Gasteiger partial charge on any atom is 0.242 e. The number of rotatable bonds is 8. The number of primary amides is 1. The largest absolute Gasteiger partial charge is 0.368 e. The van der Waals surface area contributed by atoms with Crippen molar-refractivity contribution in [1.29, 1.82) is 0 Å². The molecule has 4 N–H and O–H groups in total. The van der Waals surface area contributed by atoms with Crippen molar-refractivity contribution in [2.45, 2.75) is 44.7 Å². The van der Waals surface area contributed by atoms with Crippen LogP contribution in [-0.2, 0) is 10.3 Å². The van der Waals surface area contributed by atoms with Crippen molar-refractivity contribution >= 4 is 5.91 Å². The number of nitrogens with two attached hydrogens (primary N) is 2. The van der Waals surface area contributed by atoms with Gasteiger partial charge >= 0.3 is 0 Å². The number of carbonyl (C=O) groups excluding carboxylic acids is 1. The first kappa shape index (κ1) is 16.7. The number of hydrogen-bond acceptors (Lipinski definition) is 3. The summed E-state index contributed by atoms with van der Waals surface area (Å²) in [6.07, 6.45) is 2.71. The molecule has 0 aliphatic rings. The van der Waals surface area contributed by atoms with Crippen LogP contribution in [0.15, 0.2) is 30.3 Å². The molecule has 112 valence electrons. The third-order valence-corrected chi connectivity index (χ3v) is 4.15. The van der Waals surface area contributed by atoms with E-state index in [1.165, 1.54) is 0 Å². The van der Waals surface area contributed by atoms with E-state index in [9.17, 15) is 4.79 Å². The monoisotopic (exact) mass is 277 g/mol. The highest BCUT2D eigenvalue weighted by Gasteiger charge is 2.34. The molecule has 4 heteroatoms. The molecule has 0 bridgehead atoms. The van der Waals surface area contributed by atoms with Gasteiger partial charge in [0.2, 0.25) is 5.91 Å². The summed E-state index contributed by atoms with van der Waals surface area (Å²) < 4.78 is 0. The van der Waals surface area contributed by atoms with Gasteiger partial charge < -0.3 is 16.4 Å². The molecule has 0 saturated heterocycles. The molecule has 0 aliphatic heterocycles. The Labute approximate surface area is 122 Å². The van der Waals surface area contributed by atoms with Crippen molar-refractivity contribution in [2.75, 3.05) is 13.6 Å². The zero-order valence-corrected chi connectivity index (χ0v) is 12.8. The second-order valence-corrected chi connectivity index (χ2v) is 5.40. The van der Waals surface area contributed by atoms with Gasteiger partial charge in [0, 0.05) is 12.6 Å². The van der Waals surface area contributed by atoms with Crippen LogP contribution in [-0.4, -0.2) is 30.4 Å². The van der Waals surface area contributed by atoms with Gasteiger partial charge in [-0.05, 0) is 31.9 Å². The summed E-state index contributed by atoms with van der Waals surface area (Å²) in [4.78, 5) is 14.1. The first-order valence-corrected chi connectivity index (χ1v) is 7.30. The van der Waals surface area contributed by atoms with Gasteiger partial charge in [-0.3, -0.25) is 4.79 Å². The maximum atomic E-state index is 11.8. The first-order chi connectivity index (χ1) is 9.45. The number of hydrogen-bond donors (Lipinski definition) is 2. The molecule has 1 rings (SSSR count). The Morgan fingerprint density at radius 2 is 1.80 bits per heavy atom. The molecule has 0 aliphatic carbocycles. The van der Waals surface area contributed by atoms with E-state index in [0.717, 1.165) is 24.9 Å². The molecule has 0 aromatic heterocycles. The van der Waals surface area contributed by atoms with Gasteiger partial charge in [-0.25, -0.2) is 0 Å². The molecule has 1 atom stereocenters. The highest BCUT2D eigenvalue weighted by molar-refractivity contribution is 5.85. The smallest absolute Gasteiger partial charge is 0.242 e. The molecule has 0 heterocycles. The molecular weight excluding hydrogens is 250 g/mol. The number of carbonyl (C=O) groups is 1. The van der Waals surface area contributed by atoms with E-state index in [4.69, 9.17) is 11.5 Å². The lowest BCUT2D eigenvalue weighted by Crippen LogP contribution is -2.51. The van der Waals surface area contributed by atoms with Crippen molar-refractivity contribution in [2.24, 2.45) is 11.5 Å². The van der Waals surface area contributed by atoms with Crippen LogP contribution in [0.5, 0.6) is 0 Å². The first-order valence-electron chi connectivity index (χ1n) is 7.30. The quantitative estimate of drug-likeness (QED) is 0.761. The van der Waals surface area contributed by atoms with E-state index in [0.29, 0.717) is 12.5 Å². The Bertz CT molecular complexity index is 417. The minimum Gasteiger partial charge on any atom is -0.368 e. The van der Waals surface area contributed by atoms with Gasteiger partial charge in [0.05, 0.1) is 0 Å². The molecule has 0 saturated carbocycles. The molecule has 0 fully saturated rings. The normalized spacial score (nSPS) is 14.5. The molecule has 1 aromatic rings. The lowest BCUT2D eigenvalue weighted by atomic mass is 9.86. The van der Waals surface area contributed by atoms with Crippen LogP contribution in [0.2, 0.25) is 0 Å². The number of benzene rings is 1. The SMILES string of the molecule is CCC(CC)N(C)CCC(N)(C(N)=O)c1ccccc1. The van der Waals surface area contributed by atoms with E-state index >= 15 is 0 Å². The van der Waals surface area contributed by atoms with E-state index in [1.54, 1.807) is 0 Å². The van der Waals surface area contributed by atoms with Crippen LogP contribution in [0.25, 0.3) is 0 Å². The molecule has 1 aromatic carbocycles. The van der Waals surface area contributed by atoms with Crippen LogP contribution in [0, 0.1) is 0 Å². The Balaban J connectivity index is 2.81. The summed E-state index contributed by atoms with van der Waals surface area (Å²) in [6, 6.07) is 9.91. The van der Waals surface area contributed by atoms with Crippen LogP contribution in [0.4, 0.5) is 0 Å². The Kier molecular flexibility index (Phi) is 6.17. The highest BCUT2D eigenvalue weighted by atomic mass is 16.1. The van der Waals surface area contributed by atoms with Crippen molar-refractivity contribution in [1.82, 2.24) is 4.90 Å². The average molecular weight is 277 g/mol. The molecule has 20 heavy (non-hydrogen) atoms. The minimum atomic E-state index is -1.10. The number of amides is 1. The van der Waals surface area contributed by atoms with E-state index < -0.39 is 11.4 Å². The van der Waals surface area contributed by atoms with Crippen LogP contribution < -0.4 is 11.5 Å². The molecule has 0 spiro atoms. The standard InChI is InChI=1S/C16H27N3O/c1-4-14(5-2)19(3)12-11-16(18,15(17)20)13-9-7-6-8-10-13/h6-10,14H,4-5,11-12,18H2,1-3H3,(H2,17,20). The molecule has 4 nitrogen and oxygen atoms in total. The lowest BCUT2D eigenvalue weighted by molar-refractivity contribution is -0.123. The second kappa shape index (κ2) is 7.41. The van der Waals surface area contributed by atoms with Gasteiger partial charge in [-0.2, -0.15) is 0 Å². The fourth-order valence-electron chi connectivity index (χ4n) is 2.59. The maximum absolute atomic E-state index is 11.8. The summed E-state index contributed by atoms with van der Waals surface area (Å²) in [5.41, 5.74) is 11.5. The van der Waals surface area contributed by atoms with Crippen LogP contribution in [0.3, 0.4) is 0 Å². The Hall–Kier alpha value is -1.39. The average Bonchev–Trinajstić information content (AvgIpc) is 2.46. The molecule has 1 unspecified atom stereocenters. The van der Waals surface area contributed by atoms with Crippen molar-refractivity contribution < 1.29 is 4.79 Å². The Morgan fingerprint density at radius 1 is 1.25 bits per heavy atom. The highest BCUT2D eigenvalue weighted by Crippen LogP contribution is 2.23. The number of nitrogens with zero attached hydrogens (tertiary/aromatic N) is 1. The van der Waals surface area contributed by atoms with Crippen LogP contribution in [0.1, 0.15) is 38.7 Å². The fraction of sp³-hybridized carbons (Fsp3) is 0.562. The minimum absolute atomic E-state index is 0.471. The van der Waals surface area contributed by atoms with E-state index in [1.807, 2.05) is 30.3 Å². The van der Waals surface area contributed by atoms with Gasteiger partial charge in [0.15, 0.2) is 0 Å². The van der Waals surface area contributed by atoms with Crippen molar-refractivity contribution in [3.05, 3.63) is 35.9 Å². The molecule has 0 radical (unpaired) electrons. The zero-order chi connectivity index (χ0) is 15.2. The second-order valence-electron chi connectivity index (χ2n) is 5.40. The fourth-order valence-corrected chi connectivity index (χ4v) is 2.59. The summed E-state index contributed by atoms with van der Waals surface area (Å²) in [7, 11) is 2.07. The third-order valence-electron chi connectivity index (χ3n) is 4.15. The molecular formula is C16H27N3O. The summed E-state index contributed by atoms with van der Waals surface area (Å²) in [5, 5.41) is 0. The van der Waals surface area contributed by atoms with Crippen LogP contribution >= 0.6 is 0 Å². The predicted octanol–water partition coefficient (Wildman–Crippen LogP) is 1.84. The molecule has 1 amide bonds. The van der Waals surface area contributed by atoms with Gasteiger partial charge in [-0.1, -0.05) is 44.2 Å². The zero-order valence-electron chi connectivity index (χ0n) is 12.8. The lowest BCUT2D eigenvalue weighted by Gasteiger charge is -2.32. The third kappa shape index (κ3) is 3.81. The van der Waals surface area contributed by atoms with Gasteiger partial charge in [0.25, 0.3) is 0 Å².